The first-order valence-corrected chi connectivity index (χ1v) is 6.37. The van der Waals surface area contributed by atoms with Gasteiger partial charge in [0.05, 0.1) is 4.83 Å². The van der Waals surface area contributed by atoms with Gasteiger partial charge in [-0.3, -0.25) is 4.57 Å². The van der Waals surface area contributed by atoms with E-state index in [1.165, 1.54) is 32.1 Å². The van der Waals surface area contributed by atoms with E-state index in [-0.39, 0.29) is 10.5 Å². The third kappa shape index (κ3) is 2.17. The van der Waals surface area contributed by atoms with E-state index in [1.54, 1.807) is 11.6 Å². The topological polar surface area (TPSA) is 50.7 Å². The van der Waals surface area contributed by atoms with E-state index in [0.29, 0.717) is 5.92 Å². The van der Waals surface area contributed by atoms with Crippen molar-refractivity contribution in [2.75, 3.05) is 0 Å². The van der Waals surface area contributed by atoms with E-state index in [0.717, 1.165) is 5.82 Å². The molecule has 1 N–H and O–H groups in total. The number of H-pyrrole nitrogens is 1. The van der Waals surface area contributed by atoms with Crippen molar-refractivity contribution in [2.45, 2.75) is 36.9 Å². The van der Waals surface area contributed by atoms with E-state index in [1.807, 2.05) is 0 Å². The second kappa shape index (κ2) is 4.51. The summed E-state index contributed by atoms with van der Waals surface area (Å²) in [6, 6.07) is 0. The molecule has 0 radical (unpaired) electrons. The van der Waals surface area contributed by atoms with Crippen LogP contribution in [0.15, 0.2) is 4.79 Å². The fourth-order valence-electron chi connectivity index (χ4n) is 2.24. The molecule has 1 saturated carbocycles. The lowest BCUT2D eigenvalue weighted by Gasteiger charge is -2.25. The maximum atomic E-state index is 11.3. The Morgan fingerprint density at radius 2 is 2.13 bits per heavy atom. The minimum atomic E-state index is -0.134. The lowest BCUT2D eigenvalue weighted by Crippen LogP contribution is -2.19. The Morgan fingerprint density at radius 1 is 1.47 bits per heavy atom. The quantitative estimate of drug-likeness (QED) is 0.840. The zero-order valence-electron chi connectivity index (χ0n) is 8.87. The molecule has 0 amide bonds. The molecule has 1 aromatic heterocycles. The van der Waals surface area contributed by atoms with Crippen molar-refractivity contribution in [3.05, 3.63) is 16.3 Å². The van der Waals surface area contributed by atoms with Crippen molar-refractivity contribution in [1.82, 2.24) is 14.8 Å². The van der Waals surface area contributed by atoms with Gasteiger partial charge in [0, 0.05) is 7.05 Å². The molecule has 1 atom stereocenters. The normalized spacial score (nSPS) is 20.4. The minimum Gasteiger partial charge on any atom is -0.281 e. The largest absolute Gasteiger partial charge is 0.343 e. The monoisotopic (exact) mass is 273 g/mol. The van der Waals surface area contributed by atoms with Crippen LogP contribution in [0.4, 0.5) is 0 Å². The maximum Gasteiger partial charge on any atom is 0.343 e. The van der Waals surface area contributed by atoms with Gasteiger partial charge in [0.2, 0.25) is 0 Å². The highest BCUT2D eigenvalue weighted by Crippen LogP contribution is 2.38. The highest BCUT2D eigenvalue weighted by molar-refractivity contribution is 9.09. The summed E-state index contributed by atoms with van der Waals surface area (Å²) in [6.45, 7) is 0. The predicted molar refractivity (Wildman–Crippen MR) is 62.1 cm³/mol. The molecule has 1 unspecified atom stereocenters. The van der Waals surface area contributed by atoms with Crippen LogP contribution in [0.5, 0.6) is 0 Å². The van der Waals surface area contributed by atoms with Crippen LogP contribution in [0.2, 0.25) is 0 Å². The Balaban J connectivity index is 2.15. The molecular formula is C10H16BrN3O. The number of halogens is 1. The Morgan fingerprint density at radius 3 is 2.67 bits per heavy atom. The van der Waals surface area contributed by atoms with E-state index >= 15 is 0 Å². The summed E-state index contributed by atoms with van der Waals surface area (Å²) >= 11 is 3.67. The van der Waals surface area contributed by atoms with Crippen LogP contribution in [0.1, 0.15) is 42.8 Å². The van der Waals surface area contributed by atoms with Crippen LogP contribution in [0.3, 0.4) is 0 Å². The van der Waals surface area contributed by atoms with E-state index in [9.17, 15) is 4.79 Å². The van der Waals surface area contributed by atoms with Crippen LogP contribution < -0.4 is 5.69 Å². The highest BCUT2D eigenvalue weighted by atomic mass is 79.9. The molecule has 1 fully saturated rings. The van der Waals surface area contributed by atoms with Crippen molar-refractivity contribution in [2.24, 2.45) is 13.0 Å². The number of aromatic amines is 1. The maximum absolute atomic E-state index is 11.3. The highest BCUT2D eigenvalue weighted by Gasteiger charge is 2.26. The zero-order chi connectivity index (χ0) is 10.8. The second-order valence-electron chi connectivity index (χ2n) is 4.25. The summed E-state index contributed by atoms with van der Waals surface area (Å²) in [5.74, 6) is 1.44. The smallest absolute Gasteiger partial charge is 0.281 e. The standard InChI is InChI=1S/C10H16BrN3O/c1-14-9(12-13-10(14)15)8(11)7-5-3-2-4-6-7/h7-8H,2-6H2,1H3,(H,13,15). The Hall–Kier alpha value is -0.580. The van der Waals surface area contributed by atoms with Crippen LogP contribution in [-0.2, 0) is 7.05 Å². The van der Waals surface area contributed by atoms with Crippen molar-refractivity contribution >= 4 is 15.9 Å². The number of hydrogen-bond acceptors (Lipinski definition) is 2. The Kier molecular flexibility index (Phi) is 3.29. The fraction of sp³-hybridized carbons (Fsp3) is 0.800. The van der Waals surface area contributed by atoms with Crippen LogP contribution in [-0.4, -0.2) is 14.8 Å². The molecule has 1 aliphatic carbocycles. The number of nitrogens with zero attached hydrogens (tertiary/aromatic N) is 2. The predicted octanol–water partition coefficient (Wildman–Crippen LogP) is 2.12. The molecule has 0 bridgehead atoms. The summed E-state index contributed by atoms with van der Waals surface area (Å²) in [4.78, 5) is 11.5. The van der Waals surface area contributed by atoms with Gasteiger partial charge in [-0.2, -0.15) is 5.10 Å². The van der Waals surface area contributed by atoms with Gasteiger partial charge in [-0.15, -0.1) is 0 Å². The molecule has 0 aliphatic heterocycles. The number of nitrogens with one attached hydrogen (secondary N) is 1. The zero-order valence-corrected chi connectivity index (χ0v) is 10.5. The summed E-state index contributed by atoms with van der Waals surface area (Å²) in [6.07, 6.45) is 6.40. The minimum absolute atomic E-state index is 0.134. The van der Waals surface area contributed by atoms with Gasteiger partial charge in [0.1, 0.15) is 5.82 Å². The molecule has 0 saturated heterocycles. The summed E-state index contributed by atoms with van der Waals surface area (Å²) in [5.41, 5.74) is -0.134. The van der Waals surface area contributed by atoms with Gasteiger partial charge in [-0.1, -0.05) is 35.2 Å². The third-order valence-corrected chi connectivity index (χ3v) is 4.38. The first-order chi connectivity index (χ1) is 7.20. The molecular weight excluding hydrogens is 258 g/mol. The van der Waals surface area contributed by atoms with Crippen LogP contribution in [0, 0.1) is 5.92 Å². The van der Waals surface area contributed by atoms with Gasteiger partial charge in [0.25, 0.3) is 0 Å². The van der Waals surface area contributed by atoms with E-state index in [2.05, 4.69) is 26.1 Å². The first kappa shape index (κ1) is 10.9. The molecule has 1 heterocycles. The summed E-state index contributed by atoms with van der Waals surface area (Å²) in [5, 5.41) is 6.55. The molecule has 0 spiro atoms. The fourth-order valence-corrected chi connectivity index (χ4v) is 3.18. The van der Waals surface area contributed by atoms with Gasteiger partial charge in [-0.25, -0.2) is 9.89 Å². The van der Waals surface area contributed by atoms with Crippen molar-refractivity contribution in [1.29, 1.82) is 0 Å². The van der Waals surface area contributed by atoms with E-state index < -0.39 is 0 Å². The van der Waals surface area contributed by atoms with Crippen LogP contribution in [0.25, 0.3) is 0 Å². The van der Waals surface area contributed by atoms with E-state index in [4.69, 9.17) is 0 Å². The number of rotatable bonds is 2. The number of alkyl halides is 1. The lowest BCUT2D eigenvalue weighted by molar-refractivity contribution is 0.346. The van der Waals surface area contributed by atoms with Crippen molar-refractivity contribution in [3.63, 3.8) is 0 Å². The molecule has 0 aromatic carbocycles. The van der Waals surface area contributed by atoms with Crippen molar-refractivity contribution in [3.8, 4) is 0 Å². The van der Waals surface area contributed by atoms with Crippen molar-refractivity contribution < 1.29 is 0 Å². The van der Waals surface area contributed by atoms with Crippen LogP contribution >= 0.6 is 15.9 Å². The number of aromatic nitrogens is 3. The third-order valence-electron chi connectivity index (χ3n) is 3.22. The lowest BCUT2D eigenvalue weighted by atomic mass is 9.87. The summed E-state index contributed by atoms with van der Waals surface area (Å²) < 4.78 is 1.59. The Bertz CT molecular complexity index is 378. The molecule has 84 valence electrons. The van der Waals surface area contributed by atoms with Gasteiger partial charge in [-0.05, 0) is 18.8 Å². The van der Waals surface area contributed by atoms with Gasteiger partial charge < -0.3 is 0 Å². The average Bonchev–Trinajstić information content (AvgIpc) is 2.60. The molecule has 1 aliphatic rings. The molecule has 4 nitrogen and oxygen atoms in total. The van der Waals surface area contributed by atoms with Gasteiger partial charge >= 0.3 is 5.69 Å². The first-order valence-electron chi connectivity index (χ1n) is 5.45. The van der Waals surface area contributed by atoms with Gasteiger partial charge in [0.15, 0.2) is 0 Å². The molecule has 5 heteroatoms. The number of hydrogen-bond donors (Lipinski definition) is 1. The SMILES string of the molecule is Cn1c(C(Br)C2CCCCC2)n[nH]c1=O. The average molecular weight is 274 g/mol. The molecule has 1 aromatic rings. The second-order valence-corrected chi connectivity index (χ2v) is 5.23. The summed E-state index contributed by atoms with van der Waals surface area (Å²) in [7, 11) is 1.76. The molecule has 2 rings (SSSR count). The Labute approximate surface area is 97.2 Å². The molecule has 15 heavy (non-hydrogen) atoms.